The molecule has 1 N–H and O–H groups in total. The number of amides is 1. The molecular weight excluding hydrogens is 456 g/mol. The van der Waals surface area contributed by atoms with Crippen LogP contribution in [0.15, 0.2) is 72.4 Å². The van der Waals surface area contributed by atoms with E-state index in [9.17, 15) is 14.7 Å². The standard InChI is InChI=1S/C29H30N2O5/c1-6-36-22-15-14-18(17-19(22)29(2,3)4)26(32)24-25(20-11-9-10-16-30-20)31(28(34)27(24)33)21-12-7-8-13-23(21)35-5/h7-17,25,32H,6H2,1-5H3/b26-24-. The number of para-hydroxylation sites is 2. The van der Waals surface area contributed by atoms with E-state index in [0.717, 1.165) is 5.56 Å². The molecule has 1 amide bonds. The average Bonchev–Trinajstić information content (AvgIpc) is 3.14. The molecule has 1 aliphatic rings. The number of nitrogens with zero attached hydrogens (tertiary/aromatic N) is 2. The number of ether oxygens (including phenoxy) is 2. The molecule has 1 saturated heterocycles. The summed E-state index contributed by atoms with van der Waals surface area (Å²) in [5, 5.41) is 11.5. The third-order valence-corrected chi connectivity index (χ3v) is 6.12. The van der Waals surface area contributed by atoms with Crippen LogP contribution in [0.5, 0.6) is 11.5 Å². The number of aliphatic hydroxyl groups is 1. The van der Waals surface area contributed by atoms with Crippen LogP contribution in [-0.2, 0) is 15.0 Å². The Morgan fingerprint density at radius 1 is 1.03 bits per heavy atom. The number of carbonyl (C=O) groups is 2. The van der Waals surface area contributed by atoms with Gasteiger partial charge in [0.25, 0.3) is 11.7 Å². The van der Waals surface area contributed by atoms with Crippen LogP contribution < -0.4 is 14.4 Å². The predicted molar refractivity (Wildman–Crippen MR) is 138 cm³/mol. The summed E-state index contributed by atoms with van der Waals surface area (Å²) in [6, 6.07) is 16.6. The number of hydrogen-bond acceptors (Lipinski definition) is 6. The summed E-state index contributed by atoms with van der Waals surface area (Å²) in [7, 11) is 1.50. The van der Waals surface area contributed by atoms with Crippen molar-refractivity contribution in [2.45, 2.75) is 39.2 Å². The van der Waals surface area contributed by atoms with Gasteiger partial charge in [0, 0.05) is 17.3 Å². The highest BCUT2D eigenvalue weighted by Gasteiger charge is 2.48. The van der Waals surface area contributed by atoms with E-state index in [-0.39, 0.29) is 16.7 Å². The Labute approximate surface area is 211 Å². The molecule has 0 radical (unpaired) electrons. The minimum absolute atomic E-state index is 0.0337. The van der Waals surface area contributed by atoms with Crippen LogP contribution in [0.1, 0.15) is 50.6 Å². The van der Waals surface area contributed by atoms with Gasteiger partial charge in [-0.15, -0.1) is 0 Å². The minimum atomic E-state index is -0.938. The van der Waals surface area contributed by atoms with Gasteiger partial charge in [-0.1, -0.05) is 39.0 Å². The molecule has 36 heavy (non-hydrogen) atoms. The number of aromatic nitrogens is 1. The van der Waals surface area contributed by atoms with Crippen molar-refractivity contribution in [3.05, 3.63) is 89.3 Å². The van der Waals surface area contributed by atoms with E-state index in [4.69, 9.17) is 9.47 Å². The largest absolute Gasteiger partial charge is 0.507 e. The predicted octanol–water partition coefficient (Wildman–Crippen LogP) is 5.41. The fourth-order valence-electron chi connectivity index (χ4n) is 4.43. The quantitative estimate of drug-likeness (QED) is 0.285. The highest BCUT2D eigenvalue weighted by atomic mass is 16.5. The zero-order valence-corrected chi connectivity index (χ0v) is 21.1. The van der Waals surface area contributed by atoms with Crippen molar-refractivity contribution in [1.82, 2.24) is 4.98 Å². The Morgan fingerprint density at radius 2 is 1.75 bits per heavy atom. The first-order chi connectivity index (χ1) is 17.2. The molecule has 0 bridgehead atoms. The SMILES string of the molecule is CCOc1ccc(/C(O)=C2/C(=O)C(=O)N(c3ccccc3OC)C2c2ccccn2)cc1C(C)(C)C. The minimum Gasteiger partial charge on any atom is -0.507 e. The Morgan fingerprint density at radius 3 is 2.39 bits per heavy atom. The normalized spacial score (nSPS) is 17.4. The van der Waals surface area contributed by atoms with Crippen LogP contribution in [0.3, 0.4) is 0 Å². The third-order valence-electron chi connectivity index (χ3n) is 6.12. The molecule has 2 aromatic carbocycles. The zero-order valence-electron chi connectivity index (χ0n) is 21.1. The molecule has 2 heterocycles. The zero-order chi connectivity index (χ0) is 26.0. The Kier molecular flexibility index (Phi) is 6.84. The van der Waals surface area contributed by atoms with Crippen molar-refractivity contribution in [3.8, 4) is 11.5 Å². The van der Waals surface area contributed by atoms with Gasteiger partial charge < -0.3 is 14.6 Å². The van der Waals surface area contributed by atoms with E-state index < -0.39 is 17.7 Å². The summed E-state index contributed by atoms with van der Waals surface area (Å²) in [6.07, 6.45) is 1.59. The lowest BCUT2D eigenvalue weighted by atomic mass is 9.84. The summed E-state index contributed by atoms with van der Waals surface area (Å²) < 4.78 is 11.3. The van der Waals surface area contributed by atoms with E-state index in [1.54, 1.807) is 60.8 Å². The smallest absolute Gasteiger partial charge is 0.300 e. The van der Waals surface area contributed by atoms with Gasteiger partial charge in [0.1, 0.15) is 23.3 Å². The lowest BCUT2D eigenvalue weighted by molar-refractivity contribution is -0.132. The highest BCUT2D eigenvalue weighted by Crippen LogP contribution is 2.45. The van der Waals surface area contributed by atoms with Gasteiger partial charge in [0.15, 0.2) is 0 Å². The fraction of sp³-hybridized carbons (Fsp3) is 0.276. The maximum atomic E-state index is 13.4. The first-order valence-electron chi connectivity index (χ1n) is 11.8. The number of methoxy groups -OCH3 is 1. The van der Waals surface area contributed by atoms with Crippen LogP contribution in [-0.4, -0.2) is 35.5 Å². The first-order valence-corrected chi connectivity index (χ1v) is 11.8. The second-order valence-corrected chi connectivity index (χ2v) is 9.49. The number of benzene rings is 2. The van der Waals surface area contributed by atoms with E-state index >= 15 is 0 Å². The third kappa shape index (κ3) is 4.44. The molecule has 0 aliphatic carbocycles. The number of ketones is 1. The molecule has 4 rings (SSSR count). The van der Waals surface area contributed by atoms with E-state index in [1.165, 1.54) is 12.0 Å². The van der Waals surface area contributed by atoms with Crippen molar-refractivity contribution in [2.24, 2.45) is 0 Å². The molecule has 1 aliphatic heterocycles. The van der Waals surface area contributed by atoms with Crippen LogP contribution in [0.2, 0.25) is 0 Å². The van der Waals surface area contributed by atoms with Crippen LogP contribution >= 0.6 is 0 Å². The molecule has 1 unspecified atom stereocenters. The topological polar surface area (TPSA) is 89.0 Å². The van der Waals surface area contributed by atoms with Gasteiger partial charge in [-0.25, -0.2) is 0 Å². The van der Waals surface area contributed by atoms with Crippen LogP contribution in [0, 0.1) is 0 Å². The average molecular weight is 487 g/mol. The molecule has 7 heteroatoms. The van der Waals surface area contributed by atoms with E-state index in [1.807, 2.05) is 33.8 Å². The molecule has 1 fully saturated rings. The summed E-state index contributed by atoms with van der Waals surface area (Å²) in [4.78, 5) is 32.6. The van der Waals surface area contributed by atoms with Gasteiger partial charge in [-0.05, 0) is 54.8 Å². The second-order valence-electron chi connectivity index (χ2n) is 9.49. The molecular formula is C29H30N2O5. The summed E-state index contributed by atoms with van der Waals surface area (Å²) in [5.74, 6) is -0.692. The molecule has 7 nitrogen and oxygen atoms in total. The van der Waals surface area contributed by atoms with Crippen LogP contribution in [0.25, 0.3) is 5.76 Å². The Balaban J connectivity index is 1.96. The summed E-state index contributed by atoms with van der Waals surface area (Å²) >= 11 is 0. The maximum absolute atomic E-state index is 13.4. The first kappa shape index (κ1) is 25.0. The number of carbonyl (C=O) groups excluding carboxylic acids is 2. The van der Waals surface area contributed by atoms with Gasteiger partial charge in [0.05, 0.1) is 30.7 Å². The Hall–Kier alpha value is -4.13. The number of aliphatic hydroxyl groups excluding tert-OH is 1. The fourth-order valence-corrected chi connectivity index (χ4v) is 4.43. The molecule has 0 spiro atoms. The number of rotatable bonds is 6. The number of anilines is 1. The van der Waals surface area contributed by atoms with E-state index in [2.05, 4.69) is 4.98 Å². The van der Waals surface area contributed by atoms with Crippen molar-refractivity contribution in [1.29, 1.82) is 0 Å². The molecule has 1 atom stereocenters. The van der Waals surface area contributed by atoms with Crippen molar-refractivity contribution < 1.29 is 24.2 Å². The van der Waals surface area contributed by atoms with E-state index in [0.29, 0.717) is 35.1 Å². The van der Waals surface area contributed by atoms with Crippen molar-refractivity contribution in [3.63, 3.8) is 0 Å². The summed E-state index contributed by atoms with van der Waals surface area (Å²) in [5.41, 5.74) is 1.84. The number of hydrogen-bond donors (Lipinski definition) is 1. The second kappa shape index (κ2) is 9.85. The van der Waals surface area contributed by atoms with Gasteiger partial charge in [0.2, 0.25) is 0 Å². The number of pyridine rings is 1. The number of Topliss-reactive ketones (excluding diaryl/α,β-unsaturated/α-hetero) is 1. The molecule has 0 saturated carbocycles. The van der Waals surface area contributed by atoms with Crippen molar-refractivity contribution in [2.75, 3.05) is 18.6 Å². The molecule has 1 aromatic heterocycles. The summed E-state index contributed by atoms with van der Waals surface area (Å²) in [6.45, 7) is 8.54. The van der Waals surface area contributed by atoms with Gasteiger partial charge >= 0.3 is 0 Å². The van der Waals surface area contributed by atoms with Gasteiger partial charge in [-0.2, -0.15) is 0 Å². The highest BCUT2D eigenvalue weighted by molar-refractivity contribution is 6.51. The van der Waals surface area contributed by atoms with Gasteiger partial charge in [-0.3, -0.25) is 19.5 Å². The lowest BCUT2D eigenvalue weighted by Crippen LogP contribution is -2.30. The monoisotopic (exact) mass is 486 g/mol. The molecule has 186 valence electrons. The maximum Gasteiger partial charge on any atom is 0.300 e. The molecule has 3 aromatic rings. The van der Waals surface area contributed by atoms with Crippen LogP contribution in [0.4, 0.5) is 5.69 Å². The Bertz CT molecular complexity index is 1320. The van der Waals surface area contributed by atoms with Crippen molar-refractivity contribution >= 4 is 23.1 Å². The lowest BCUT2D eigenvalue weighted by Gasteiger charge is -2.26.